The molecule has 7 nitrogen and oxygen atoms in total. The average Bonchev–Trinajstić information content (AvgIpc) is 3.02. The van der Waals surface area contributed by atoms with Crippen molar-refractivity contribution in [2.24, 2.45) is 5.73 Å². The normalized spacial score (nSPS) is 24.6. The van der Waals surface area contributed by atoms with Crippen LogP contribution in [0.2, 0.25) is 0 Å². The molecule has 1 aromatic carbocycles. The highest BCUT2D eigenvalue weighted by Crippen LogP contribution is 2.32. The van der Waals surface area contributed by atoms with E-state index >= 15 is 0 Å². The van der Waals surface area contributed by atoms with E-state index in [2.05, 4.69) is 15.5 Å². The number of nitrogens with one attached hydrogen (secondary N) is 2. The van der Waals surface area contributed by atoms with E-state index in [-0.39, 0.29) is 11.9 Å². The van der Waals surface area contributed by atoms with Crippen LogP contribution >= 0.6 is 0 Å². The van der Waals surface area contributed by atoms with Crippen molar-refractivity contribution in [3.63, 3.8) is 0 Å². The van der Waals surface area contributed by atoms with Gasteiger partial charge in [-0.15, -0.1) is 10.2 Å². The molecule has 4 rings (SSSR count). The molecule has 0 spiro atoms. The lowest BCUT2D eigenvalue weighted by molar-refractivity contribution is 0.130. The highest BCUT2D eigenvalue weighted by molar-refractivity contribution is 6.08. The second-order valence-electron chi connectivity index (χ2n) is 7.10. The van der Waals surface area contributed by atoms with Crippen molar-refractivity contribution in [1.82, 2.24) is 15.5 Å². The number of piperidine rings is 1. The average molecular weight is 365 g/mol. The number of aromatic nitrogens is 2. The Balaban J connectivity index is 1.48. The fourth-order valence-corrected chi connectivity index (χ4v) is 3.95. The molecule has 2 aliphatic heterocycles. The van der Waals surface area contributed by atoms with E-state index < -0.39 is 0 Å². The van der Waals surface area contributed by atoms with Crippen molar-refractivity contribution in [1.29, 1.82) is 5.41 Å². The molecule has 3 heterocycles. The highest BCUT2D eigenvalue weighted by atomic mass is 16.5. The van der Waals surface area contributed by atoms with E-state index in [4.69, 9.17) is 15.9 Å². The molecule has 140 valence electrons. The topological polar surface area (TPSA) is 117 Å². The number of aromatic hydroxyl groups is 1. The zero-order chi connectivity index (χ0) is 18.8. The first-order chi connectivity index (χ1) is 13.2. The van der Waals surface area contributed by atoms with Gasteiger partial charge in [0, 0.05) is 41.7 Å². The molecule has 0 saturated carbocycles. The Morgan fingerprint density at radius 1 is 1.19 bits per heavy atom. The molecule has 3 atom stereocenters. The largest absolute Gasteiger partial charge is 0.507 e. The lowest BCUT2D eigenvalue weighted by Crippen LogP contribution is -2.42. The number of fused-ring (bicyclic) bond motifs is 2. The van der Waals surface area contributed by atoms with Crippen LogP contribution in [0.25, 0.3) is 16.8 Å². The molecule has 5 N–H and O–H groups in total. The molecule has 0 aliphatic carbocycles. The number of phenolic OH excluding ortho intramolecular Hbond substituents is 1. The maximum atomic E-state index is 10.3. The summed E-state index contributed by atoms with van der Waals surface area (Å²) >= 11 is 0. The summed E-state index contributed by atoms with van der Waals surface area (Å²) in [4.78, 5) is 0. The fraction of sp³-hybridized carbons (Fsp3) is 0.350. The summed E-state index contributed by atoms with van der Waals surface area (Å²) in [6.45, 7) is 0. The Labute approximate surface area is 157 Å². The van der Waals surface area contributed by atoms with E-state index in [1.807, 2.05) is 0 Å². The van der Waals surface area contributed by atoms with E-state index in [0.717, 1.165) is 19.1 Å². The minimum Gasteiger partial charge on any atom is -0.507 e. The number of phenols is 1. The third kappa shape index (κ3) is 3.64. The molecule has 0 amide bonds. The maximum Gasteiger partial charge on any atom is 0.233 e. The SMILES string of the molecule is N=C/C(=C\N)c1ccc(-c2ccc(OC3C[C@H]4CC[C@@H](C3)N4)nn2)c(O)c1. The van der Waals surface area contributed by atoms with Gasteiger partial charge >= 0.3 is 0 Å². The number of hydrogen-bond acceptors (Lipinski definition) is 7. The molecule has 7 heteroatoms. The summed E-state index contributed by atoms with van der Waals surface area (Å²) in [5.74, 6) is 0.574. The van der Waals surface area contributed by atoms with Crippen LogP contribution in [-0.4, -0.2) is 39.7 Å². The van der Waals surface area contributed by atoms with Crippen LogP contribution in [0, 0.1) is 5.41 Å². The number of ether oxygens (including phenoxy) is 1. The number of hydrogen-bond donors (Lipinski definition) is 4. The van der Waals surface area contributed by atoms with Crippen LogP contribution < -0.4 is 15.8 Å². The van der Waals surface area contributed by atoms with Gasteiger partial charge in [-0.05, 0) is 49.4 Å². The number of nitrogens with zero attached hydrogens (tertiary/aromatic N) is 2. The molecule has 1 aromatic heterocycles. The van der Waals surface area contributed by atoms with Gasteiger partial charge in [0.15, 0.2) is 0 Å². The van der Waals surface area contributed by atoms with Gasteiger partial charge in [-0.1, -0.05) is 6.07 Å². The Bertz CT molecular complexity index is 853. The monoisotopic (exact) mass is 365 g/mol. The zero-order valence-electron chi connectivity index (χ0n) is 14.9. The molecule has 0 radical (unpaired) electrons. The Morgan fingerprint density at radius 2 is 1.96 bits per heavy atom. The first-order valence-electron chi connectivity index (χ1n) is 9.19. The second kappa shape index (κ2) is 7.36. The standard InChI is InChI=1S/C20H23N5O2/c21-10-13(11-22)12-1-4-17(19(26)7-12)18-5-6-20(25-24-18)27-16-8-14-2-3-15(9-16)23-14/h1,4-7,10-11,14-16,21,23,26H,2-3,8-9,22H2/b13-11+,21-10?/t14-,15+,16?. The predicted molar refractivity (Wildman–Crippen MR) is 104 cm³/mol. The van der Waals surface area contributed by atoms with E-state index in [9.17, 15) is 5.11 Å². The summed E-state index contributed by atoms with van der Waals surface area (Å²) in [6, 6.07) is 9.80. The molecule has 2 fully saturated rings. The van der Waals surface area contributed by atoms with Gasteiger partial charge in [-0.25, -0.2) is 0 Å². The van der Waals surface area contributed by atoms with Crippen LogP contribution in [0.3, 0.4) is 0 Å². The van der Waals surface area contributed by atoms with Crippen LogP contribution in [-0.2, 0) is 0 Å². The Hall–Kier alpha value is -2.93. The molecule has 2 saturated heterocycles. The van der Waals surface area contributed by atoms with E-state index in [1.54, 1.807) is 30.3 Å². The first kappa shape index (κ1) is 17.5. The minimum absolute atomic E-state index is 0.0617. The van der Waals surface area contributed by atoms with Gasteiger partial charge in [-0.3, -0.25) is 0 Å². The summed E-state index contributed by atoms with van der Waals surface area (Å²) in [5.41, 5.74) is 7.82. The van der Waals surface area contributed by atoms with Crippen molar-refractivity contribution in [3.8, 4) is 22.9 Å². The summed E-state index contributed by atoms with van der Waals surface area (Å²) < 4.78 is 6.01. The van der Waals surface area contributed by atoms with Crippen molar-refractivity contribution in [2.75, 3.05) is 0 Å². The maximum absolute atomic E-state index is 10.3. The molecule has 2 aliphatic rings. The van der Waals surface area contributed by atoms with Crippen LogP contribution in [0.1, 0.15) is 31.2 Å². The third-order valence-electron chi connectivity index (χ3n) is 5.30. The van der Waals surface area contributed by atoms with Gasteiger partial charge in [0.1, 0.15) is 11.9 Å². The van der Waals surface area contributed by atoms with E-state index in [0.29, 0.717) is 40.4 Å². The first-order valence-corrected chi connectivity index (χ1v) is 9.19. The fourth-order valence-electron chi connectivity index (χ4n) is 3.95. The summed E-state index contributed by atoms with van der Waals surface area (Å²) in [6.07, 6.45) is 7.12. The summed E-state index contributed by atoms with van der Waals surface area (Å²) in [5, 5.41) is 29.7. The minimum atomic E-state index is 0.0617. The predicted octanol–water partition coefficient (Wildman–Crippen LogP) is 2.46. The molecular formula is C20H23N5O2. The van der Waals surface area contributed by atoms with Gasteiger partial charge in [0.25, 0.3) is 0 Å². The lowest BCUT2D eigenvalue weighted by Gasteiger charge is -2.28. The molecule has 27 heavy (non-hydrogen) atoms. The third-order valence-corrected chi connectivity index (χ3v) is 5.30. The van der Waals surface area contributed by atoms with E-state index in [1.165, 1.54) is 19.0 Å². The molecule has 2 aromatic rings. The number of nitrogens with two attached hydrogens (primary N) is 1. The lowest BCUT2D eigenvalue weighted by atomic mass is 10.0. The Morgan fingerprint density at radius 3 is 2.56 bits per heavy atom. The van der Waals surface area contributed by atoms with Crippen LogP contribution in [0.15, 0.2) is 36.5 Å². The Kier molecular flexibility index (Phi) is 4.77. The van der Waals surface area contributed by atoms with Gasteiger partial charge in [-0.2, -0.15) is 0 Å². The second-order valence-corrected chi connectivity index (χ2v) is 7.10. The molecule has 2 bridgehead atoms. The van der Waals surface area contributed by atoms with Gasteiger partial charge in [0.2, 0.25) is 5.88 Å². The highest BCUT2D eigenvalue weighted by Gasteiger charge is 2.34. The quantitative estimate of drug-likeness (QED) is 0.605. The smallest absolute Gasteiger partial charge is 0.233 e. The van der Waals surface area contributed by atoms with Crippen molar-refractivity contribution < 1.29 is 9.84 Å². The number of rotatable bonds is 5. The number of benzene rings is 1. The van der Waals surface area contributed by atoms with Crippen LogP contribution in [0.5, 0.6) is 11.6 Å². The van der Waals surface area contributed by atoms with Crippen molar-refractivity contribution in [3.05, 3.63) is 42.1 Å². The van der Waals surface area contributed by atoms with Crippen molar-refractivity contribution in [2.45, 2.75) is 43.9 Å². The zero-order valence-corrected chi connectivity index (χ0v) is 14.9. The molecule has 1 unspecified atom stereocenters. The summed E-state index contributed by atoms with van der Waals surface area (Å²) in [7, 11) is 0. The molecular weight excluding hydrogens is 342 g/mol. The van der Waals surface area contributed by atoms with Crippen molar-refractivity contribution >= 4 is 11.8 Å². The van der Waals surface area contributed by atoms with Gasteiger partial charge < -0.3 is 26.3 Å². The number of allylic oxidation sites excluding steroid dienone is 1. The van der Waals surface area contributed by atoms with Gasteiger partial charge in [0.05, 0.1) is 5.69 Å². The van der Waals surface area contributed by atoms with Crippen LogP contribution in [0.4, 0.5) is 0 Å².